The first-order valence-electron chi connectivity index (χ1n) is 18.8. The first kappa shape index (κ1) is 38.6. The highest BCUT2D eigenvalue weighted by Gasteiger charge is 2.55. The summed E-state index contributed by atoms with van der Waals surface area (Å²) in [5.41, 5.74) is 4.18. The van der Waals surface area contributed by atoms with Crippen LogP contribution in [-0.2, 0) is 10.3 Å². The number of piperidine rings is 3. The molecule has 53 heavy (non-hydrogen) atoms. The molecule has 8 heteroatoms. The molecule has 0 saturated carbocycles. The van der Waals surface area contributed by atoms with Crippen molar-refractivity contribution < 1.29 is 35.8 Å². The fourth-order valence-corrected chi connectivity index (χ4v) is 9.76. The third kappa shape index (κ3) is 7.39. The molecule has 1 amide bonds. The van der Waals surface area contributed by atoms with E-state index in [0.717, 1.165) is 64.8 Å². The summed E-state index contributed by atoms with van der Waals surface area (Å²) in [6.45, 7) is 15.0. The summed E-state index contributed by atoms with van der Waals surface area (Å²) < 4.78 is 7.12. The van der Waals surface area contributed by atoms with E-state index >= 15 is 0 Å². The van der Waals surface area contributed by atoms with E-state index in [1.165, 1.54) is 0 Å². The summed E-state index contributed by atoms with van der Waals surface area (Å²) in [6, 6.07) is 38.6. The lowest BCUT2D eigenvalue weighted by Crippen LogP contribution is -3.00. The molecular formula is C45H52BrN3O3Si. The normalized spacial score (nSPS) is 21.8. The van der Waals surface area contributed by atoms with Crippen LogP contribution in [0.1, 0.15) is 55.0 Å². The Hall–Kier alpha value is -4.08. The van der Waals surface area contributed by atoms with Crippen molar-refractivity contribution in [1.82, 2.24) is 10.3 Å². The molecule has 0 radical (unpaired) electrons. The number of hydrogen-bond donors (Lipinski definition) is 2. The van der Waals surface area contributed by atoms with Crippen molar-refractivity contribution in [1.29, 1.82) is 0 Å². The van der Waals surface area contributed by atoms with Gasteiger partial charge in [-0.15, -0.1) is 6.58 Å². The molecule has 4 heterocycles. The number of carbonyl (C=O) groups is 1. The Labute approximate surface area is 326 Å². The second-order valence-corrected chi connectivity index (χ2v) is 20.4. The number of carbonyl (C=O) groups excluding carboxylic acids is 1. The second kappa shape index (κ2) is 15.7. The first-order valence-corrected chi connectivity index (χ1v) is 21.8. The zero-order chi connectivity index (χ0) is 36.5. The number of halogens is 1. The average Bonchev–Trinajstić information content (AvgIpc) is 3.17. The van der Waals surface area contributed by atoms with Crippen LogP contribution in [0.15, 0.2) is 134 Å². The van der Waals surface area contributed by atoms with Gasteiger partial charge in [-0.05, 0) is 71.1 Å². The van der Waals surface area contributed by atoms with E-state index in [-0.39, 0.29) is 41.4 Å². The number of fused-ring (bicyclic) bond motifs is 4. The van der Waals surface area contributed by atoms with Crippen molar-refractivity contribution in [3.63, 3.8) is 0 Å². The van der Waals surface area contributed by atoms with Gasteiger partial charge in [-0.1, -0.05) is 111 Å². The summed E-state index contributed by atoms with van der Waals surface area (Å²) in [6.07, 6.45) is 4.89. The quantitative estimate of drug-likeness (QED) is 0.0728. The molecule has 6 nitrogen and oxygen atoms in total. The Morgan fingerprint density at radius 3 is 2.09 bits per heavy atom. The third-order valence-corrected chi connectivity index (χ3v) is 15.8. The standard InChI is InChI=1S/C45H51N3O3Si.BrH/c1-6-33-30-48(31-43(49)47-45(35-16-10-7-11-17-35,36-18-12-8-13-19-36)37-20-14-9-15-21-37)27-25-34(33)28-42(48)44(50)39-24-26-46-41-23-22-38(29-40(39)41)51-52(4,5)32(2)3;/h6-24,26,29,32-34,42,44,50H,1,25,27-28,30-31H2,2-5H3;1H/t33-,34-,42+,44-,48-;/m0./s1. The highest BCUT2D eigenvalue weighted by molar-refractivity contribution is 6.73. The number of aromatic nitrogens is 1. The Morgan fingerprint density at radius 1 is 0.962 bits per heavy atom. The number of rotatable bonds is 12. The molecule has 0 aliphatic carbocycles. The maximum absolute atomic E-state index is 14.9. The van der Waals surface area contributed by atoms with E-state index in [0.29, 0.717) is 15.9 Å². The number of quaternary nitrogens is 1. The van der Waals surface area contributed by atoms with Gasteiger partial charge in [0.2, 0.25) is 8.32 Å². The highest BCUT2D eigenvalue weighted by Crippen LogP contribution is 2.47. The summed E-state index contributed by atoms with van der Waals surface area (Å²) in [5, 5.41) is 17.1. The minimum absolute atomic E-state index is 0. The predicted octanol–water partition coefficient (Wildman–Crippen LogP) is 5.79. The van der Waals surface area contributed by atoms with Crippen molar-refractivity contribution in [3.8, 4) is 5.75 Å². The fourth-order valence-electron chi connectivity index (χ4n) is 8.79. The number of aliphatic hydroxyl groups is 1. The SMILES string of the molecule is C=C[C@H]1C[N@+]2(CC(=O)NC(c3ccccc3)(c3ccccc3)c3ccccc3)CC[C@H]1C[C@@H]2[C@@H](O)c1ccnc2ccc(O[Si](C)(C)C(C)C)cc12.[Br-]. The summed E-state index contributed by atoms with van der Waals surface area (Å²) >= 11 is 0. The van der Waals surface area contributed by atoms with Gasteiger partial charge in [0, 0.05) is 30.3 Å². The number of benzene rings is 4. The van der Waals surface area contributed by atoms with Crippen LogP contribution < -0.4 is 26.7 Å². The average molecular weight is 791 g/mol. The van der Waals surface area contributed by atoms with Crippen molar-refractivity contribution in [2.45, 2.75) is 63.0 Å². The van der Waals surface area contributed by atoms with Crippen molar-refractivity contribution in [2.24, 2.45) is 11.8 Å². The largest absolute Gasteiger partial charge is 1.00 e. The first-order chi connectivity index (χ1) is 25.1. The van der Waals surface area contributed by atoms with Gasteiger partial charge in [0.15, 0.2) is 6.54 Å². The lowest BCUT2D eigenvalue weighted by atomic mass is 9.71. The fraction of sp³-hybridized carbons (Fsp3) is 0.333. The van der Waals surface area contributed by atoms with Crippen LogP contribution in [-0.4, -0.2) is 54.5 Å². The van der Waals surface area contributed by atoms with Gasteiger partial charge in [-0.25, -0.2) is 0 Å². The maximum Gasteiger partial charge on any atom is 0.276 e. The van der Waals surface area contributed by atoms with Gasteiger partial charge in [0.1, 0.15) is 23.4 Å². The van der Waals surface area contributed by atoms with E-state index in [1.807, 2.05) is 72.8 Å². The Balaban J connectivity index is 0.00000481. The molecule has 2 bridgehead atoms. The predicted molar refractivity (Wildman–Crippen MR) is 212 cm³/mol. The Kier molecular flexibility index (Phi) is 11.5. The molecule has 2 N–H and O–H groups in total. The minimum atomic E-state index is -1.97. The summed E-state index contributed by atoms with van der Waals surface area (Å²) in [4.78, 5) is 19.6. The molecule has 5 aromatic rings. The van der Waals surface area contributed by atoms with Gasteiger partial charge < -0.3 is 36.3 Å². The monoisotopic (exact) mass is 789 g/mol. The maximum atomic E-state index is 14.9. The number of nitrogens with one attached hydrogen (secondary N) is 1. The molecule has 1 aromatic heterocycles. The number of amides is 1. The van der Waals surface area contributed by atoms with E-state index in [1.54, 1.807) is 6.20 Å². The lowest BCUT2D eigenvalue weighted by Gasteiger charge is -2.57. The van der Waals surface area contributed by atoms with Crippen molar-refractivity contribution >= 4 is 25.1 Å². The molecule has 3 saturated heterocycles. The summed E-state index contributed by atoms with van der Waals surface area (Å²) in [7, 11) is -1.97. The summed E-state index contributed by atoms with van der Waals surface area (Å²) in [5.74, 6) is 1.47. The third-order valence-electron chi connectivity index (χ3n) is 12.3. The van der Waals surface area contributed by atoms with Crippen LogP contribution in [0.3, 0.4) is 0 Å². The number of nitrogens with zero attached hydrogens (tertiary/aromatic N) is 2. The smallest absolute Gasteiger partial charge is 0.276 e. The molecule has 3 fully saturated rings. The lowest BCUT2D eigenvalue weighted by molar-refractivity contribution is -0.966. The minimum Gasteiger partial charge on any atom is -1.00 e. The number of aliphatic hydroxyl groups excluding tert-OH is 1. The van der Waals surface area contributed by atoms with E-state index < -0.39 is 20.0 Å². The second-order valence-electron chi connectivity index (χ2n) is 15.8. The molecule has 0 spiro atoms. The topological polar surface area (TPSA) is 71.5 Å². The molecule has 4 aromatic carbocycles. The van der Waals surface area contributed by atoms with Gasteiger partial charge >= 0.3 is 0 Å². The highest BCUT2D eigenvalue weighted by atomic mass is 79.9. The number of pyridine rings is 1. The van der Waals surface area contributed by atoms with Crippen molar-refractivity contribution in [3.05, 3.63) is 156 Å². The van der Waals surface area contributed by atoms with Crippen molar-refractivity contribution in [2.75, 3.05) is 19.6 Å². The van der Waals surface area contributed by atoms with Crippen LogP contribution in [0.2, 0.25) is 18.6 Å². The molecule has 276 valence electrons. The molecule has 5 atom stereocenters. The Morgan fingerprint density at radius 2 is 1.55 bits per heavy atom. The molecule has 0 unspecified atom stereocenters. The molecule has 3 aliphatic rings. The van der Waals surface area contributed by atoms with E-state index in [9.17, 15) is 9.90 Å². The van der Waals surface area contributed by atoms with E-state index in [4.69, 9.17) is 4.43 Å². The van der Waals surface area contributed by atoms with Gasteiger partial charge in [0.05, 0.1) is 18.6 Å². The zero-order valence-corrected chi connectivity index (χ0v) is 33.9. The van der Waals surface area contributed by atoms with Crippen LogP contribution in [0.4, 0.5) is 0 Å². The van der Waals surface area contributed by atoms with Crippen LogP contribution in [0.5, 0.6) is 5.75 Å². The molecule has 3 aliphatic heterocycles. The van der Waals surface area contributed by atoms with E-state index in [2.05, 4.69) is 92.4 Å². The van der Waals surface area contributed by atoms with Crippen LogP contribution >= 0.6 is 0 Å². The van der Waals surface area contributed by atoms with Gasteiger partial charge in [-0.3, -0.25) is 9.78 Å². The molecular weight excluding hydrogens is 739 g/mol. The van der Waals surface area contributed by atoms with Crippen LogP contribution in [0, 0.1) is 11.8 Å². The van der Waals surface area contributed by atoms with Gasteiger partial charge in [-0.2, -0.15) is 0 Å². The van der Waals surface area contributed by atoms with Crippen LogP contribution in [0.25, 0.3) is 10.9 Å². The Bertz CT molecular complexity index is 1930. The number of hydrogen-bond acceptors (Lipinski definition) is 4. The zero-order valence-electron chi connectivity index (χ0n) is 31.3. The molecule has 8 rings (SSSR count). The van der Waals surface area contributed by atoms with Gasteiger partial charge in [0.25, 0.3) is 5.91 Å².